The van der Waals surface area contributed by atoms with Gasteiger partial charge in [0.15, 0.2) is 11.6 Å². The monoisotopic (exact) mass is 489 g/mol. The number of aryl methyl sites for hydroxylation is 1. The van der Waals surface area contributed by atoms with Gasteiger partial charge in [-0.1, -0.05) is 6.42 Å². The van der Waals surface area contributed by atoms with Gasteiger partial charge in [-0.15, -0.1) is 12.4 Å². The zero-order valence-corrected chi connectivity index (χ0v) is 20.0. The van der Waals surface area contributed by atoms with Crippen LogP contribution in [-0.2, 0) is 12.8 Å². The first-order chi connectivity index (χ1) is 16.0. The summed E-state index contributed by atoms with van der Waals surface area (Å²) in [5, 5.41) is 3.58. The molecule has 1 atom stereocenters. The largest absolute Gasteiger partial charge is 0.489 e. The summed E-state index contributed by atoms with van der Waals surface area (Å²) in [4.78, 5) is 18.1. The van der Waals surface area contributed by atoms with Crippen molar-refractivity contribution in [3.8, 4) is 5.75 Å². The van der Waals surface area contributed by atoms with Crippen LogP contribution in [0.3, 0.4) is 0 Å². The molecular weight excluding hydrogens is 460 g/mol. The van der Waals surface area contributed by atoms with E-state index in [2.05, 4.69) is 15.2 Å². The van der Waals surface area contributed by atoms with E-state index in [0.717, 1.165) is 48.7 Å². The summed E-state index contributed by atoms with van der Waals surface area (Å²) < 4.78 is 34.0. The van der Waals surface area contributed by atoms with Crippen molar-refractivity contribution < 1.29 is 18.3 Å². The fraction of sp³-hybridized carbons (Fsp3) is 0.423. The predicted octanol–water partition coefficient (Wildman–Crippen LogP) is 5.02. The highest BCUT2D eigenvalue weighted by Crippen LogP contribution is 2.35. The third-order valence-corrected chi connectivity index (χ3v) is 7.15. The summed E-state index contributed by atoms with van der Waals surface area (Å²) >= 11 is 0. The molecule has 2 heterocycles. The van der Waals surface area contributed by atoms with Gasteiger partial charge in [0.2, 0.25) is 0 Å². The Labute approximate surface area is 204 Å². The van der Waals surface area contributed by atoms with E-state index < -0.39 is 5.82 Å². The van der Waals surface area contributed by atoms with Gasteiger partial charge in [-0.25, -0.2) is 8.78 Å². The maximum absolute atomic E-state index is 14.4. The molecule has 2 aromatic carbocycles. The van der Waals surface area contributed by atoms with E-state index in [-0.39, 0.29) is 35.9 Å². The summed E-state index contributed by atoms with van der Waals surface area (Å²) in [6.07, 6.45) is 7.83. The van der Waals surface area contributed by atoms with E-state index in [1.807, 2.05) is 6.20 Å². The third kappa shape index (κ3) is 4.64. The van der Waals surface area contributed by atoms with Crippen LogP contribution in [0.1, 0.15) is 47.2 Å². The number of fused-ring (bicyclic) bond motifs is 2. The van der Waals surface area contributed by atoms with Crippen molar-refractivity contribution in [2.45, 2.75) is 50.6 Å². The number of halogens is 3. The smallest absolute Gasteiger partial charge is 0.251 e. The molecule has 2 aliphatic rings. The van der Waals surface area contributed by atoms with Gasteiger partial charge in [0.25, 0.3) is 5.91 Å². The van der Waals surface area contributed by atoms with E-state index in [4.69, 9.17) is 4.74 Å². The van der Waals surface area contributed by atoms with E-state index in [1.54, 1.807) is 25.2 Å². The molecule has 0 spiro atoms. The lowest BCUT2D eigenvalue weighted by atomic mass is 9.87. The molecule has 5 rings (SSSR count). The zero-order valence-electron chi connectivity index (χ0n) is 19.2. The molecule has 1 aliphatic carbocycles. The van der Waals surface area contributed by atoms with Gasteiger partial charge in [-0.2, -0.15) is 0 Å². The zero-order chi connectivity index (χ0) is 22.9. The number of nitrogens with one attached hydrogen (secondary N) is 2. The van der Waals surface area contributed by atoms with Gasteiger partial charge in [-0.3, -0.25) is 9.69 Å². The molecule has 3 aromatic rings. The van der Waals surface area contributed by atoms with Gasteiger partial charge in [0.1, 0.15) is 12.4 Å². The SMILES string of the molecule is CNC(=O)c1ccc(F)c2c1CC(N(CCCc1c[nH]c3ccc(F)cc13)C1CCC1)CO2.Cl. The average molecular weight is 490 g/mol. The van der Waals surface area contributed by atoms with Crippen LogP contribution in [0.25, 0.3) is 10.9 Å². The number of hydrogen-bond donors (Lipinski definition) is 2. The highest BCUT2D eigenvalue weighted by molar-refractivity contribution is 5.96. The first kappa shape index (κ1) is 24.5. The fourth-order valence-corrected chi connectivity index (χ4v) is 5.18. The first-order valence-electron chi connectivity index (χ1n) is 11.7. The molecule has 1 amide bonds. The Hall–Kier alpha value is -2.64. The minimum atomic E-state index is -0.419. The number of hydrogen-bond acceptors (Lipinski definition) is 3. The normalized spacial score (nSPS) is 17.6. The second-order valence-corrected chi connectivity index (χ2v) is 9.08. The highest BCUT2D eigenvalue weighted by Gasteiger charge is 2.35. The summed E-state index contributed by atoms with van der Waals surface area (Å²) in [5.74, 6) is -0.659. The van der Waals surface area contributed by atoms with E-state index in [0.29, 0.717) is 30.2 Å². The maximum atomic E-state index is 14.4. The van der Waals surface area contributed by atoms with Crippen LogP contribution in [0, 0.1) is 11.6 Å². The molecule has 1 aliphatic heterocycles. The van der Waals surface area contributed by atoms with Crippen LogP contribution < -0.4 is 10.1 Å². The first-order valence-corrected chi connectivity index (χ1v) is 11.7. The van der Waals surface area contributed by atoms with Crippen molar-refractivity contribution in [2.24, 2.45) is 0 Å². The molecule has 2 N–H and O–H groups in total. The molecule has 0 bridgehead atoms. The van der Waals surface area contributed by atoms with Crippen molar-refractivity contribution >= 4 is 29.2 Å². The van der Waals surface area contributed by atoms with Crippen molar-refractivity contribution in [2.75, 3.05) is 20.2 Å². The minimum absolute atomic E-state index is 0. The molecule has 1 aromatic heterocycles. The second kappa shape index (κ2) is 10.3. The highest BCUT2D eigenvalue weighted by atomic mass is 35.5. The number of carbonyl (C=O) groups excluding carboxylic acids is 1. The van der Waals surface area contributed by atoms with Gasteiger partial charge in [-0.05, 0) is 74.5 Å². The molecule has 182 valence electrons. The lowest BCUT2D eigenvalue weighted by Crippen LogP contribution is -2.51. The number of rotatable bonds is 7. The van der Waals surface area contributed by atoms with E-state index in [9.17, 15) is 13.6 Å². The predicted molar refractivity (Wildman–Crippen MR) is 131 cm³/mol. The molecule has 5 nitrogen and oxygen atoms in total. The number of amides is 1. The van der Waals surface area contributed by atoms with Crippen LogP contribution in [0.15, 0.2) is 36.5 Å². The standard InChI is InChI=1S/C26H29F2N3O2.ClH/c1-29-26(32)20-8-9-23(28)25-22(20)13-19(15-33-25)31(18-5-2-6-18)11-3-4-16-14-30-24-10-7-17(27)12-21(16)24;/h7-10,12,14,18-19,30H,2-6,11,13,15H2,1H3,(H,29,32);1H. The Morgan fingerprint density at radius 1 is 1.21 bits per heavy atom. The van der Waals surface area contributed by atoms with Crippen molar-refractivity contribution in [3.63, 3.8) is 0 Å². The van der Waals surface area contributed by atoms with Crippen LogP contribution in [0.2, 0.25) is 0 Å². The van der Waals surface area contributed by atoms with Crippen LogP contribution in [-0.4, -0.2) is 48.1 Å². The number of carbonyl (C=O) groups is 1. The third-order valence-electron chi connectivity index (χ3n) is 7.15. The van der Waals surface area contributed by atoms with Gasteiger partial charge >= 0.3 is 0 Å². The molecular formula is C26H30ClF2N3O2. The van der Waals surface area contributed by atoms with E-state index >= 15 is 0 Å². The van der Waals surface area contributed by atoms with Gasteiger partial charge in [0, 0.05) is 47.4 Å². The van der Waals surface area contributed by atoms with E-state index in [1.165, 1.54) is 18.6 Å². The number of benzene rings is 2. The Balaban J connectivity index is 0.00000274. The number of aromatic amines is 1. The minimum Gasteiger partial charge on any atom is -0.489 e. The summed E-state index contributed by atoms with van der Waals surface area (Å²) in [7, 11) is 1.58. The fourth-order valence-electron chi connectivity index (χ4n) is 5.18. The Kier molecular flexibility index (Phi) is 7.43. The Bertz CT molecular complexity index is 1180. The lowest BCUT2D eigenvalue weighted by Gasteiger charge is -2.44. The molecule has 1 saturated carbocycles. The second-order valence-electron chi connectivity index (χ2n) is 9.08. The molecule has 0 radical (unpaired) electrons. The van der Waals surface area contributed by atoms with Crippen molar-refractivity contribution in [1.29, 1.82) is 0 Å². The van der Waals surface area contributed by atoms with Crippen molar-refractivity contribution in [3.05, 3.63) is 64.9 Å². The van der Waals surface area contributed by atoms with Crippen LogP contribution in [0.4, 0.5) is 8.78 Å². The van der Waals surface area contributed by atoms with Crippen LogP contribution >= 0.6 is 12.4 Å². The number of H-pyrrole nitrogens is 1. The molecule has 1 fully saturated rings. The van der Waals surface area contributed by atoms with Crippen LogP contribution in [0.5, 0.6) is 5.75 Å². The Morgan fingerprint density at radius 2 is 2.03 bits per heavy atom. The maximum Gasteiger partial charge on any atom is 0.251 e. The number of aromatic nitrogens is 1. The summed E-state index contributed by atoms with van der Waals surface area (Å²) in [6, 6.07) is 8.25. The molecule has 8 heteroatoms. The molecule has 0 saturated heterocycles. The van der Waals surface area contributed by atoms with Gasteiger partial charge < -0.3 is 15.0 Å². The van der Waals surface area contributed by atoms with Gasteiger partial charge in [0.05, 0.1) is 0 Å². The number of ether oxygens (including phenoxy) is 1. The topological polar surface area (TPSA) is 57.4 Å². The molecule has 1 unspecified atom stereocenters. The average Bonchev–Trinajstić information content (AvgIpc) is 3.18. The quantitative estimate of drug-likeness (QED) is 0.490. The Morgan fingerprint density at radius 3 is 2.76 bits per heavy atom. The molecule has 34 heavy (non-hydrogen) atoms. The lowest BCUT2D eigenvalue weighted by molar-refractivity contribution is 0.0421. The summed E-state index contributed by atoms with van der Waals surface area (Å²) in [5.41, 5.74) is 3.20. The van der Waals surface area contributed by atoms with Crippen molar-refractivity contribution in [1.82, 2.24) is 15.2 Å². The summed E-state index contributed by atoms with van der Waals surface area (Å²) in [6.45, 7) is 1.29. The number of nitrogens with zero attached hydrogens (tertiary/aromatic N) is 1.